The summed E-state index contributed by atoms with van der Waals surface area (Å²) in [7, 11) is 1.64. The van der Waals surface area contributed by atoms with Crippen molar-refractivity contribution in [3.63, 3.8) is 0 Å². The number of aliphatic hydroxyl groups is 1. The van der Waals surface area contributed by atoms with Gasteiger partial charge in [-0.3, -0.25) is 4.79 Å². The van der Waals surface area contributed by atoms with Gasteiger partial charge in [-0.2, -0.15) is 0 Å². The number of methoxy groups -OCH3 is 1. The van der Waals surface area contributed by atoms with Crippen LogP contribution in [0.2, 0.25) is 0 Å². The van der Waals surface area contributed by atoms with Crippen LogP contribution in [0.3, 0.4) is 0 Å². The second-order valence-electron chi connectivity index (χ2n) is 5.93. The van der Waals surface area contributed by atoms with Gasteiger partial charge in [-0.05, 0) is 49.9 Å². The van der Waals surface area contributed by atoms with Crippen LogP contribution >= 0.6 is 11.3 Å². The molecule has 1 aliphatic rings. The minimum absolute atomic E-state index is 0.0239. The Morgan fingerprint density at radius 3 is 2.88 bits per heavy atom. The SMILES string of the molecule is COc1ccc(-c2nc(C(=O)N3CCCCC3CCO)cs2)cc1. The monoisotopic (exact) mass is 346 g/mol. The molecule has 0 radical (unpaired) electrons. The third-order valence-corrected chi connectivity index (χ3v) is 5.30. The van der Waals surface area contributed by atoms with Gasteiger partial charge in [0, 0.05) is 30.1 Å². The molecule has 0 spiro atoms. The zero-order chi connectivity index (χ0) is 16.9. The highest BCUT2D eigenvalue weighted by molar-refractivity contribution is 7.13. The fourth-order valence-electron chi connectivity index (χ4n) is 3.10. The number of aromatic nitrogens is 1. The molecule has 2 aromatic rings. The first kappa shape index (κ1) is 16.9. The van der Waals surface area contributed by atoms with E-state index in [0.29, 0.717) is 12.1 Å². The topological polar surface area (TPSA) is 62.7 Å². The zero-order valence-electron chi connectivity index (χ0n) is 13.8. The number of thiazole rings is 1. The fraction of sp³-hybridized carbons (Fsp3) is 0.444. The second kappa shape index (κ2) is 7.77. The largest absolute Gasteiger partial charge is 0.497 e. The fourth-order valence-corrected chi connectivity index (χ4v) is 3.90. The average Bonchev–Trinajstić information content (AvgIpc) is 3.12. The first-order chi connectivity index (χ1) is 11.7. The molecule has 6 heteroatoms. The van der Waals surface area contributed by atoms with Crippen molar-refractivity contribution in [3.05, 3.63) is 35.3 Å². The predicted octanol–water partition coefficient (Wildman–Crippen LogP) is 3.20. The van der Waals surface area contributed by atoms with E-state index in [2.05, 4.69) is 4.98 Å². The number of aliphatic hydroxyl groups excluding tert-OH is 1. The number of benzene rings is 1. The lowest BCUT2D eigenvalue weighted by Crippen LogP contribution is -2.44. The summed E-state index contributed by atoms with van der Waals surface area (Å²) in [6, 6.07) is 7.80. The average molecular weight is 346 g/mol. The molecule has 1 aliphatic heterocycles. The van der Waals surface area contributed by atoms with E-state index in [1.165, 1.54) is 11.3 Å². The molecule has 1 aromatic carbocycles. The van der Waals surface area contributed by atoms with Crippen molar-refractivity contribution in [2.45, 2.75) is 31.7 Å². The van der Waals surface area contributed by atoms with E-state index >= 15 is 0 Å². The standard InChI is InChI=1S/C18H22N2O3S/c1-23-15-7-5-13(6-8-15)17-19-16(12-24-17)18(22)20-10-3-2-4-14(20)9-11-21/h5-8,12,14,21H,2-4,9-11H2,1H3. The lowest BCUT2D eigenvalue weighted by molar-refractivity contribution is 0.0569. The van der Waals surface area contributed by atoms with E-state index in [1.807, 2.05) is 34.5 Å². The molecule has 1 aromatic heterocycles. The van der Waals surface area contributed by atoms with Gasteiger partial charge in [-0.1, -0.05) is 0 Å². The Balaban J connectivity index is 1.77. The van der Waals surface area contributed by atoms with Crippen LogP contribution in [0.4, 0.5) is 0 Å². The van der Waals surface area contributed by atoms with Crippen molar-refractivity contribution in [1.82, 2.24) is 9.88 Å². The minimum atomic E-state index is -0.0239. The number of carbonyl (C=O) groups is 1. The Hall–Kier alpha value is -1.92. The summed E-state index contributed by atoms with van der Waals surface area (Å²) in [5, 5.41) is 11.9. The van der Waals surface area contributed by atoms with Gasteiger partial charge >= 0.3 is 0 Å². The number of hydrogen-bond donors (Lipinski definition) is 1. The van der Waals surface area contributed by atoms with Gasteiger partial charge in [-0.25, -0.2) is 4.98 Å². The van der Waals surface area contributed by atoms with Crippen LogP contribution in [0, 0.1) is 0 Å². The number of carbonyl (C=O) groups excluding carboxylic acids is 1. The lowest BCUT2D eigenvalue weighted by Gasteiger charge is -2.35. The van der Waals surface area contributed by atoms with E-state index < -0.39 is 0 Å². The third-order valence-electron chi connectivity index (χ3n) is 4.41. The maximum atomic E-state index is 12.8. The van der Waals surface area contributed by atoms with Crippen LogP contribution in [0.5, 0.6) is 5.75 Å². The summed E-state index contributed by atoms with van der Waals surface area (Å²) < 4.78 is 5.16. The molecule has 0 aliphatic carbocycles. The van der Waals surface area contributed by atoms with Crippen LogP contribution in [0.25, 0.3) is 10.6 Å². The zero-order valence-corrected chi connectivity index (χ0v) is 14.6. The van der Waals surface area contributed by atoms with Gasteiger partial charge in [0.25, 0.3) is 5.91 Å². The van der Waals surface area contributed by atoms with E-state index in [4.69, 9.17) is 4.74 Å². The molecule has 5 nitrogen and oxygen atoms in total. The van der Waals surface area contributed by atoms with E-state index in [-0.39, 0.29) is 18.6 Å². The summed E-state index contributed by atoms with van der Waals surface area (Å²) in [6.07, 6.45) is 3.73. The Morgan fingerprint density at radius 2 is 2.17 bits per heavy atom. The summed E-state index contributed by atoms with van der Waals surface area (Å²) in [6.45, 7) is 0.863. The number of ether oxygens (including phenoxy) is 1. The van der Waals surface area contributed by atoms with Crippen molar-refractivity contribution >= 4 is 17.2 Å². The highest BCUT2D eigenvalue weighted by Gasteiger charge is 2.28. The van der Waals surface area contributed by atoms with Crippen molar-refractivity contribution in [1.29, 1.82) is 0 Å². The first-order valence-corrected chi connectivity index (χ1v) is 9.12. The molecule has 2 heterocycles. The van der Waals surface area contributed by atoms with E-state index in [1.54, 1.807) is 7.11 Å². The molecular formula is C18H22N2O3S. The molecular weight excluding hydrogens is 324 g/mol. The Kier molecular flexibility index (Phi) is 5.48. The summed E-state index contributed by atoms with van der Waals surface area (Å²) >= 11 is 1.47. The van der Waals surface area contributed by atoms with Crippen molar-refractivity contribution in [3.8, 4) is 16.3 Å². The van der Waals surface area contributed by atoms with Crippen molar-refractivity contribution < 1.29 is 14.6 Å². The lowest BCUT2D eigenvalue weighted by atomic mass is 9.99. The molecule has 1 amide bonds. The summed E-state index contributed by atoms with van der Waals surface area (Å²) in [4.78, 5) is 19.2. The van der Waals surface area contributed by atoms with Crippen LogP contribution in [0.15, 0.2) is 29.6 Å². The summed E-state index contributed by atoms with van der Waals surface area (Å²) in [5.41, 5.74) is 1.47. The van der Waals surface area contributed by atoms with Crippen molar-refractivity contribution in [2.75, 3.05) is 20.3 Å². The van der Waals surface area contributed by atoms with Crippen molar-refractivity contribution in [2.24, 2.45) is 0 Å². The second-order valence-corrected chi connectivity index (χ2v) is 6.78. The molecule has 128 valence electrons. The molecule has 1 atom stereocenters. The molecule has 1 N–H and O–H groups in total. The van der Waals surface area contributed by atoms with Crippen LogP contribution in [-0.2, 0) is 0 Å². The van der Waals surface area contributed by atoms with E-state index in [9.17, 15) is 9.90 Å². The maximum absolute atomic E-state index is 12.8. The van der Waals surface area contributed by atoms with Crippen LogP contribution < -0.4 is 4.74 Å². The molecule has 0 saturated carbocycles. The molecule has 24 heavy (non-hydrogen) atoms. The minimum Gasteiger partial charge on any atom is -0.497 e. The molecule has 1 fully saturated rings. The van der Waals surface area contributed by atoms with E-state index in [0.717, 1.165) is 42.1 Å². The number of rotatable bonds is 5. The Labute approximate surface area is 145 Å². The summed E-state index contributed by atoms with van der Waals surface area (Å²) in [5.74, 6) is 0.774. The number of likely N-dealkylation sites (tertiary alicyclic amines) is 1. The number of piperidine rings is 1. The quantitative estimate of drug-likeness (QED) is 0.903. The van der Waals surface area contributed by atoms with Crippen LogP contribution in [-0.4, -0.2) is 47.2 Å². The van der Waals surface area contributed by atoms with Gasteiger partial charge < -0.3 is 14.7 Å². The number of hydrogen-bond acceptors (Lipinski definition) is 5. The van der Waals surface area contributed by atoms with Gasteiger partial charge in [-0.15, -0.1) is 11.3 Å². The van der Waals surface area contributed by atoms with Gasteiger partial charge in [0.15, 0.2) is 0 Å². The van der Waals surface area contributed by atoms with Gasteiger partial charge in [0.05, 0.1) is 7.11 Å². The van der Waals surface area contributed by atoms with Crippen LogP contribution in [0.1, 0.15) is 36.2 Å². The number of nitrogens with zero attached hydrogens (tertiary/aromatic N) is 2. The smallest absolute Gasteiger partial charge is 0.273 e. The number of amides is 1. The maximum Gasteiger partial charge on any atom is 0.273 e. The van der Waals surface area contributed by atoms with Gasteiger partial charge in [0.1, 0.15) is 16.5 Å². The normalized spacial score (nSPS) is 17.8. The first-order valence-electron chi connectivity index (χ1n) is 8.24. The Morgan fingerprint density at radius 1 is 1.38 bits per heavy atom. The molecule has 3 rings (SSSR count). The third kappa shape index (κ3) is 3.60. The van der Waals surface area contributed by atoms with Gasteiger partial charge in [0.2, 0.25) is 0 Å². The Bertz CT molecular complexity index is 682. The highest BCUT2D eigenvalue weighted by atomic mass is 32.1. The predicted molar refractivity (Wildman–Crippen MR) is 94.5 cm³/mol. The molecule has 0 bridgehead atoms. The molecule has 1 unspecified atom stereocenters. The highest BCUT2D eigenvalue weighted by Crippen LogP contribution is 2.28. The molecule has 1 saturated heterocycles.